The van der Waals surface area contributed by atoms with Crippen molar-refractivity contribution in [2.75, 3.05) is 26.2 Å². The predicted octanol–water partition coefficient (Wildman–Crippen LogP) is -0.661. The average Bonchev–Trinajstić information content (AvgIpc) is 2.62. The first kappa shape index (κ1) is 15.5. The maximum Gasteiger partial charge on any atom is 0.401 e. The van der Waals surface area contributed by atoms with Crippen molar-refractivity contribution in [3.05, 3.63) is 0 Å². The molecule has 0 radical (unpaired) electrons. The van der Waals surface area contributed by atoms with Crippen LogP contribution in [0.2, 0.25) is 0 Å². The second-order valence-electron chi connectivity index (χ2n) is 5.13. The zero-order chi connectivity index (χ0) is 15.7. The van der Waals surface area contributed by atoms with Crippen LogP contribution in [0.1, 0.15) is 12.8 Å². The van der Waals surface area contributed by atoms with E-state index in [1.165, 1.54) is 4.90 Å². The number of halogens is 3. The predicted molar refractivity (Wildman–Crippen MR) is 64.1 cm³/mol. The van der Waals surface area contributed by atoms with Gasteiger partial charge in [0.15, 0.2) is 0 Å². The molecule has 0 aromatic carbocycles. The van der Waals surface area contributed by atoms with Crippen LogP contribution < -0.4 is 16.0 Å². The van der Waals surface area contributed by atoms with E-state index in [9.17, 15) is 27.6 Å². The Kier molecular flexibility index (Phi) is 4.08. The molecule has 3 N–H and O–H groups in total. The molecule has 1 unspecified atom stereocenters. The zero-order valence-corrected chi connectivity index (χ0v) is 11.0. The van der Waals surface area contributed by atoms with Crippen molar-refractivity contribution in [2.45, 2.75) is 24.6 Å². The number of nitrogens with one attached hydrogen (secondary N) is 3. The van der Waals surface area contributed by atoms with E-state index in [4.69, 9.17) is 0 Å². The molecule has 0 aromatic heterocycles. The standard InChI is InChI=1S/C11H15F3N4O3/c12-11(13,14)5-15-4-7(19)18-3-1-2-10(6-18)8(20)16-9(21)17-10/h15H,1-6H2,(H2,16,17,20,21). The molecule has 2 heterocycles. The van der Waals surface area contributed by atoms with Gasteiger partial charge in [-0.05, 0) is 12.8 Å². The molecular formula is C11H15F3N4O3. The summed E-state index contributed by atoms with van der Waals surface area (Å²) in [6.45, 7) is -1.41. The molecular weight excluding hydrogens is 293 g/mol. The number of piperidine rings is 1. The number of imide groups is 1. The Bertz CT molecular complexity index is 468. The minimum absolute atomic E-state index is 0.0307. The van der Waals surface area contributed by atoms with Gasteiger partial charge in [-0.15, -0.1) is 0 Å². The molecule has 21 heavy (non-hydrogen) atoms. The lowest BCUT2D eigenvalue weighted by Gasteiger charge is -2.38. The van der Waals surface area contributed by atoms with Gasteiger partial charge in [0.1, 0.15) is 5.54 Å². The fraction of sp³-hybridized carbons (Fsp3) is 0.727. The summed E-state index contributed by atoms with van der Waals surface area (Å²) in [6.07, 6.45) is -3.51. The first-order valence-electron chi connectivity index (χ1n) is 6.41. The molecule has 0 aromatic rings. The summed E-state index contributed by atoms with van der Waals surface area (Å²) in [4.78, 5) is 36.1. The number of rotatable bonds is 3. The van der Waals surface area contributed by atoms with Crippen LogP contribution in [0.15, 0.2) is 0 Å². The van der Waals surface area contributed by atoms with Gasteiger partial charge in [0, 0.05) is 6.54 Å². The maximum absolute atomic E-state index is 12.0. The van der Waals surface area contributed by atoms with Crippen molar-refractivity contribution in [3.63, 3.8) is 0 Å². The van der Waals surface area contributed by atoms with Crippen LogP contribution in [0, 0.1) is 0 Å². The van der Waals surface area contributed by atoms with E-state index in [0.29, 0.717) is 19.4 Å². The van der Waals surface area contributed by atoms with E-state index >= 15 is 0 Å². The second kappa shape index (κ2) is 5.51. The van der Waals surface area contributed by atoms with Crippen molar-refractivity contribution < 1.29 is 27.6 Å². The Morgan fingerprint density at radius 1 is 1.38 bits per heavy atom. The van der Waals surface area contributed by atoms with E-state index in [1.54, 1.807) is 0 Å². The van der Waals surface area contributed by atoms with Crippen molar-refractivity contribution >= 4 is 17.8 Å². The zero-order valence-electron chi connectivity index (χ0n) is 11.0. The summed E-state index contributed by atoms with van der Waals surface area (Å²) in [7, 11) is 0. The number of urea groups is 1. The molecule has 0 saturated carbocycles. The van der Waals surface area contributed by atoms with E-state index in [-0.39, 0.29) is 6.54 Å². The summed E-state index contributed by atoms with van der Waals surface area (Å²) in [5.41, 5.74) is -1.16. The third-order valence-corrected chi connectivity index (χ3v) is 3.46. The summed E-state index contributed by atoms with van der Waals surface area (Å²) in [5, 5.41) is 6.62. The maximum atomic E-state index is 12.0. The molecule has 0 bridgehead atoms. The van der Waals surface area contributed by atoms with Crippen molar-refractivity contribution in [1.29, 1.82) is 0 Å². The second-order valence-corrected chi connectivity index (χ2v) is 5.13. The van der Waals surface area contributed by atoms with Crippen molar-refractivity contribution in [3.8, 4) is 0 Å². The SMILES string of the molecule is O=C1NC(=O)C2(CCCN(C(=O)CNCC(F)(F)F)C2)N1. The average molecular weight is 308 g/mol. The van der Waals surface area contributed by atoms with E-state index in [1.807, 2.05) is 5.32 Å². The number of carbonyl (C=O) groups is 3. The lowest BCUT2D eigenvalue weighted by molar-refractivity contribution is -0.137. The highest BCUT2D eigenvalue weighted by Crippen LogP contribution is 2.24. The van der Waals surface area contributed by atoms with Gasteiger partial charge in [0.2, 0.25) is 5.91 Å². The third-order valence-electron chi connectivity index (χ3n) is 3.46. The number of carbonyl (C=O) groups excluding carboxylic acids is 3. The van der Waals surface area contributed by atoms with E-state index < -0.39 is 42.7 Å². The molecule has 1 spiro atoms. The number of alkyl halides is 3. The normalized spacial score (nSPS) is 26.0. The van der Waals surface area contributed by atoms with Crippen LogP contribution in [-0.2, 0) is 9.59 Å². The van der Waals surface area contributed by atoms with Gasteiger partial charge in [-0.25, -0.2) is 4.79 Å². The number of likely N-dealkylation sites (tertiary alicyclic amines) is 1. The first-order chi connectivity index (χ1) is 9.72. The smallest absolute Gasteiger partial charge is 0.339 e. The third kappa shape index (κ3) is 3.63. The van der Waals surface area contributed by atoms with Crippen LogP contribution in [-0.4, -0.2) is 60.6 Å². The highest BCUT2D eigenvalue weighted by Gasteiger charge is 2.49. The highest BCUT2D eigenvalue weighted by molar-refractivity contribution is 6.07. The highest BCUT2D eigenvalue weighted by atomic mass is 19.4. The molecule has 118 valence electrons. The fourth-order valence-corrected chi connectivity index (χ4v) is 2.51. The summed E-state index contributed by atoms with van der Waals surface area (Å²) >= 11 is 0. The summed E-state index contributed by atoms with van der Waals surface area (Å²) in [5.74, 6) is -1.04. The number of hydrogen-bond acceptors (Lipinski definition) is 4. The lowest BCUT2D eigenvalue weighted by Crippen LogP contribution is -2.60. The van der Waals surface area contributed by atoms with Gasteiger partial charge in [-0.2, -0.15) is 13.2 Å². The number of hydrogen-bond donors (Lipinski definition) is 3. The molecule has 0 aliphatic carbocycles. The molecule has 2 aliphatic rings. The van der Waals surface area contributed by atoms with E-state index in [2.05, 4.69) is 10.6 Å². The Hall–Kier alpha value is -1.84. The lowest BCUT2D eigenvalue weighted by atomic mass is 9.89. The van der Waals surface area contributed by atoms with Gasteiger partial charge < -0.3 is 15.5 Å². The molecule has 2 rings (SSSR count). The van der Waals surface area contributed by atoms with E-state index in [0.717, 1.165) is 0 Å². The Morgan fingerprint density at radius 2 is 2.10 bits per heavy atom. The number of nitrogens with zero attached hydrogens (tertiary/aromatic N) is 1. The van der Waals surface area contributed by atoms with Crippen molar-refractivity contribution in [1.82, 2.24) is 20.9 Å². The summed E-state index contributed by atoms with van der Waals surface area (Å²) < 4.78 is 36.0. The monoisotopic (exact) mass is 308 g/mol. The number of amides is 4. The minimum atomic E-state index is -4.39. The molecule has 1 atom stereocenters. The van der Waals surface area contributed by atoms with Crippen LogP contribution in [0.25, 0.3) is 0 Å². The molecule has 2 saturated heterocycles. The van der Waals surface area contributed by atoms with Crippen molar-refractivity contribution in [2.24, 2.45) is 0 Å². The van der Waals surface area contributed by atoms with Gasteiger partial charge >= 0.3 is 12.2 Å². The molecule has 4 amide bonds. The Morgan fingerprint density at radius 3 is 2.67 bits per heavy atom. The van der Waals surface area contributed by atoms with Crippen LogP contribution in [0.4, 0.5) is 18.0 Å². The van der Waals surface area contributed by atoms with Gasteiger partial charge in [0.05, 0.1) is 19.6 Å². The van der Waals surface area contributed by atoms with Gasteiger partial charge in [0.25, 0.3) is 5.91 Å². The van der Waals surface area contributed by atoms with Crippen LogP contribution in [0.5, 0.6) is 0 Å². The molecule has 2 fully saturated rings. The topological polar surface area (TPSA) is 90.5 Å². The first-order valence-corrected chi connectivity index (χ1v) is 6.41. The fourth-order valence-electron chi connectivity index (χ4n) is 2.51. The molecule has 2 aliphatic heterocycles. The largest absolute Gasteiger partial charge is 0.401 e. The van der Waals surface area contributed by atoms with Crippen LogP contribution in [0.3, 0.4) is 0 Å². The molecule has 7 nitrogen and oxygen atoms in total. The Balaban J connectivity index is 1.90. The quantitative estimate of drug-likeness (QED) is 0.604. The molecule has 10 heteroatoms. The van der Waals surface area contributed by atoms with Gasteiger partial charge in [-0.3, -0.25) is 14.9 Å². The minimum Gasteiger partial charge on any atom is -0.339 e. The Labute approximate surface area is 118 Å². The van der Waals surface area contributed by atoms with Crippen LogP contribution >= 0.6 is 0 Å². The van der Waals surface area contributed by atoms with Gasteiger partial charge in [-0.1, -0.05) is 0 Å². The summed E-state index contributed by atoms with van der Waals surface area (Å²) in [6, 6.07) is -0.621.